The van der Waals surface area contributed by atoms with Crippen LogP contribution in [0, 0.1) is 11.6 Å². The molecule has 1 atom stereocenters. The van der Waals surface area contributed by atoms with Crippen molar-refractivity contribution in [1.82, 2.24) is 0 Å². The lowest BCUT2D eigenvalue weighted by atomic mass is 10.0. The minimum atomic E-state index is -0.548. The number of hydrogen-bond donors (Lipinski definition) is 1. The fraction of sp³-hybridized carbons (Fsp3) is 0.200. The molecule has 98 valence electrons. The second-order valence-corrected chi connectivity index (χ2v) is 5.54. The zero-order valence-electron chi connectivity index (χ0n) is 10.2. The highest BCUT2D eigenvalue weighted by molar-refractivity contribution is 7.98. The molecule has 0 saturated carbocycles. The Kier molecular flexibility index (Phi) is 3.42. The van der Waals surface area contributed by atoms with Crippen LogP contribution in [0.4, 0.5) is 14.5 Å². The summed E-state index contributed by atoms with van der Waals surface area (Å²) in [5.74, 6) is 0.667. The van der Waals surface area contributed by atoms with E-state index in [4.69, 9.17) is 0 Å². The van der Waals surface area contributed by atoms with Crippen LogP contribution in [-0.2, 0) is 5.75 Å². The molecule has 1 aliphatic rings. The lowest BCUT2D eigenvalue weighted by Crippen LogP contribution is -2.20. The highest BCUT2D eigenvalue weighted by atomic mass is 32.2. The summed E-state index contributed by atoms with van der Waals surface area (Å²) in [4.78, 5) is 0. The standard InChI is InChI=1S/C15H13F2NS/c16-12-6-3-7-13(17)15(12)18-14-9-19-8-10-4-1-2-5-11(10)14/h1-7,14,18H,8-9H2. The Morgan fingerprint density at radius 1 is 1.00 bits per heavy atom. The summed E-state index contributed by atoms with van der Waals surface area (Å²) in [7, 11) is 0. The molecule has 0 amide bonds. The van der Waals surface area contributed by atoms with Gasteiger partial charge in [0.05, 0.1) is 6.04 Å². The van der Waals surface area contributed by atoms with Gasteiger partial charge in [0, 0.05) is 11.5 Å². The van der Waals surface area contributed by atoms with Crippen molar-refractivity contribution in [3.8, 4) is 0 Å². The Balaban J connectivity index is 1.93. The number of thioether (sulfide) groups is 1. The van der Waals surface area contributed by atoms with E-state index in [1.54, 1.807) is 11.8 Å². The SMILES string of the molecule is Fc1cccc(F)c1NC1CSCc2ccccc21. The summed E-state index contributed by atoms with van der Waals surface area (Å²) < 4.78 is 27.3. The molecule has 1 unspecified atom stereocenters. The van der Waals surface area contributed by atoms with Gasteiger partial charge in [-0.05, 0) is 23.3 Å². The molecular formula is C15H13F2NS. The number of anilines is 1. The van der Waals surface area contributed by atoms with Gasteiger partial charge in [0.15, 0.2) is 0 Å². The minimum Gasteiger partial charge on any atom is -0.373 e. The number of halogens is 2. The van der Waals surface area contributed by atoms with Crippen molar-refractivity contribution in [1.29, 1.82) is 0 Å². The Bertz CT molecular complexity index is 580. The van der Waals surface area contributed by atoms with Crippen LogP contribution in [-0.4, -0.2) is 5.75 Å². The molecule has 2 aromatic rings. The summed E-state index contributed by atoms with van der Waals surface area (Å²) >= 11 is 1.77. The molecule has 3 rings (SSSR count). The van der Waals surface area contributed by atoms with E-state index >= 15 is 0 Å². The predicted octanol–water partition coefficient (Wildman–Crippen LogP) is 4.36. The second-order valence-electron chi connectivity index (χ2n) is 4.51. The monoisotopic (exact) mass is 277 g/mol. The molecule has 1 aliphatic heterocycles. The van der Waals surface area contributed by atoms with E-state index in [2.05, 4.69) is 11.4 Å². The molecular weight excluding hydrogens is 264 g/mol. The van der Waals surface area contributed by atoms with Gasteiger partial charge in [0.1, 0.15) is 17.3 Å². The zero-order chi connectivity index (χ0) is 13.2. The molecule has 0 saturated heterocycles. The Morgan fingerprint density at radius 2 is 1.74 bits per heavy atom. The first-order valence-electron chi connectivity index (χ1n) is 6.12. The molecule has 1 heterocycles. The third-order valence-corrected chi connectivity index (χ3v) is 4.34. The molecule has 0 fully saturated rings. The molecule has 0 spiro atoms. The highest BCUT2D eigenvalue weighted by Gasteiger charge is 2.22. The summed E-state index contributed by atoms with van der Waals surface area (Å²) in [6.07, 6.45) is 0. The van der Waals surface area contributed by atoms with Gasteiger partial charge in [0.2, 0.25) is 0 Å². The average Bonchev–Trinajstić information content (AvgIpc) is 2.43. The van der Waals surface area contributed by atoms with E-state index in [-0.39, 0.29) is 11.7 Å². The number of hydrogen-bond acceptors (Lipinski definition) is 2. The van der Waals surface area contributed by atoms with Crippen LogP contribution >= 0.6 is 11.8 Å². The zero-order valence-corrected chi connectivity index (χ0v) is 11.0. The van der Waals surface area contributed by atoms with Crippen molar-refractivity contribution < 1.29 is 8.78 Å². The van der Waals surface area contributed by atoms with E-state index in [0.717, 1.165) is 17.1 Å². The summed E-state index contributed by atoms with van der Waals surface area (Å²) in [5, 5.41) is 3.00. The average molecular weight is 277 g/mol. The molecule has 2 aromatic carbocycles. The summed E-state index contributed by atoms with van der Waals surface area (Å²) in [6.45, 7) is 0. The van der Waals surface area contributed by atoms with E-state index in [1.807, 2.05) is 18.2 Å². The van der Waals surface area contributed by atoms with Crippen molar-refractivity contribution in [3.05, 3.63) is 65.2 Å². The van der Waals surface area contributed by atoms with E-state index in [9.17, 15) is 8.78 Å². The number of fused-ring (bicyclic) bond motifs is 1. The molecule has 1 nitrogen and oxygen atoms in total. The van der Waals surface area contributed by atoms with Crippen LogP contribution in [0.25, 0.3) is 0 Å². The first-order chi connectivity index (χ1) is 9.25. The van der Waals surface area contributed by atoms with Gasteiger partial charge in [-0.15, -0.1) is 0 Å². The van der Waals surface area contributed by atoms with Gasteiger partial charge in [-0.2, -0.15) is 11.8 Å². The summed E-state index contributed by atoms with van der Waals surface area (Å²) in [6, 6.07) is 11.9. The van der Waals surface area contributed by atoms with Gasteiger partial charge >= 0.3 is 0 Å². The van der Waals surface area contributed by atoms with Crippen molar-refractivity contribution in [2.24, 2.45) is 0 Å². The van der Waals surface area contributed by atoms with Crippen molar-refractivity contribution >= 4 is 17.4 Å². The molecule has 0 bridgehead atoms. The Morgan fingerprint density at radius 3 is 2.53 bits per heavy atom. The van der Waals surface area contributed by atoms with Crippen LogP contribution in [0.5, 0.6) is 0 Å². The van der Waals surface area contributed by atoms with Crippen LogP contribution in [0.2, 0.25) is 0 Å². The van der Waals surface area contributed by atoms with E-state index in [0.29, 0.717) is 0 Å². The van der Waals surface area contributed by atoms with Crippen molar-refractivity contribution in [3.63, 3.8) is 0 Å². The molecule has 4 heteroatoms. The lowest BCUT2D eigenvalue weighted by molar-refractivity contribution is 0.584. The quantitative estimate of drug-likeness (QED) is 0.875. The minimum absolute atomic E-state index is 0.0372. The van der Waals surface area contributed by atoms with Crippen molar-refractivity contribution in [2.75, 3.05) is 11.1 Å². The van der Waals surface area contributed by atoms with Crippen LogP contribution < -0.4 is 5.32 Å². The third-order valence-electron chi connectivity index (χ3n) is 3.25. The third kappa shape index (κ3) is 2.45. The highest BCUT2D eigenvalue weighted by Crippen LogP contribution is 2.34. The normalized spacial score (nSPS) is 17.9. The van der Waals surface area contributed by atoms with Gasteiger partial charge in [-0.3, -0.25) is 0 Å². The molecule has 1 N–H and O–H groups in total. The van der Waals surface area contributed by atoms with Gasteiger partial charge in [-0.25, -0.2) is 8.78 Å². The predicted molar refractivity (Wildman–Crippen MR) is 75.3 cm³/mol. The van der Waals surface area contributed by atoms with Gasteiger partial charge in [0.25, 0.3) is 0 Å². The number of nitrogens with one attached hydrogen (secondary N) is 1. The van der Waals surface area contributed by atoms with Crippen molar-refractivity contribution in [2.45, 2.75) is 11.8 Å². The second kappa shape index (κ2) is 5.21. The molecule has 0 radical (unpaired) electrons. The Hall–Kier alpha value is -1.55. The van der Waals surface area contributed by atoms with Gasteiger partial charge < -0.3 is 5.32 Å². The number of rotatable bonds is 2. The molecule has 19 heavy (non-hydrogen) atoms. The topological polar surface area (TPSA) is 12.0 Å². The maximum Gasteiger partial charge on any atom is 0.149 e. The first kappa shape index (κ1) is 12.5. The Labute approximate surface area is 115 Å². The van der Waals surface area contributed by atoms with E-state index in [1.165, 1.54) is 23.8 Å². The van der Waals surface area contributed by atoms with Crippen LogP contribution in [0.15, 0.2) is 42.5 Å². The number of benzene rings is 2. The molecule has 0 aromatic heterocycles. The first-order valence-corrected chi connectivity index (χ1v) is 7.27. The van der Waals surface area contributed by atoms with Crippen LogP contribution in [0.1, 0.15) is 17.2 Å². The smallest absolute Gasteiger partial charge is 0.149 e. The fourth-order valence-electron chi connectivity index (χ4n) is 2.31. The van der Waals surface area contributed by atoms with Gasteiger partial charge in [-0.1, -0.05) is 30.3 Å². The largest absolute Gasteiger partial charge is 0.373 e. The summed E-state index contributed by atoms with van der Waals surface area (Å²) in [5.41, 5.74) is 2.32. The maximum absolute atomic E-state index is 13.7. The lowest BCUT2D eigenvalue weighted by Gasteiger charge is -2.27. The number of para-hydroxylation sites is 1. The van der Waals surface area contributed by atoms with E-state index < -0.39 is 11.6 Å². The maximum atomic E-state index is 13.7. The van der Waals surface area contributed by atoms with Crippen LogP contribution in [0.3, 0.4) is 0 Å². The fourth-order valence-corrected chi connectivity index (χ4v) is 3.41. The molecule has 0 aliphatic carbocycles.